The summed E-state index contributed by atoms with van der Waals surface area (Å²) in [5.41, 5.74) is 2.93. The first kappa shape index (κ1) is 18.0. The number of aryl methyl sites for hydroxylation is 2. The molecule has 0 spiro atoms. The summed E-state index contributed by atoms with van der Waals surface area (Å²) in [6.45, 7) is 2.02. The first-order valence-corrected chi connectivity index (χ1v) is 9.53. The molecule has 0 saturated heterocycles. The highest BCUT2D eigenvalue weighted by molar-refractivity contribution is 7.10. The standard InChI is InChI=1S/C20H17N5O2S/c1-13-7-9-15(10-8-13)19-24-23-17(27-19)12-11-16(26)21-20-22-18(25-28-20)14-5-3-2-4-6-14/h2-10H,11-12H2,1H3,(H,21,22,25,26). The average molecular weight is 391 g/mol. The van der Waals surface area contributed by atoms with Gasteiger partial charge in [-0.3, -0.25) is 4.79 Å². The van der Waals surface area contributed by atoms with E-state index in [0.29, 0.717) is 29.2 Å². The predicted molar refractivity (Wildman–Crippen MR) is 107 cm³/mol. The zero-order chi connectivity index (χ0) is 19.3. The number of nitrogens with one attached hydrogen (secondary N) is 1. The first-order chi connectivity index (χ1) is 13.7. The van der Waals surface area contributed by atoms with Gasteiger partial charge in [0, 0.05) is 35.5 Å². The van der Waals surface area contributed by atoms with Gasteiger partial charge in [-0.25, -0.2) is 0 Å². The van der Waals surface area contributed by atoms with Gasteiger partial charge in [0.2, 0.25) is 22.8 Å². The number of nitrogens with zero attached hydrogens (tertiary/aromatic N) is 4. The van der Waals surface area contributed by atoms with Gasteiger partial charge in [-0.05, 0) is 19.1 Å². The summed E-state index contributed by atoms with van der Waals surface area (Å²) in [7, 11) is 0. The highest BCUT2D eigenvalue weighted by atomic mass is 32.1. The number of aromatic nitrogens is 4. The van der Waals surface area contributed by atoms with Crippen molar-refractivity contribution in [2.24, 2.45) is 0 Å². The minimum absolute atomic E-state index is 0.175. The zero-order valence-corrected chi connectivity index (χ0v) is 15.9. The van der Waals surface area contributed by atoms with E-state index in [9.17, 15) is 4.79 Å². The maximum absolute atomic E-state index is 12.2. The van der Waals surface area contributed by atoms with Crippen LogP contribution in [-0.4, -0.2) is 25.5 Å². The third kappa shape index (κ3) is 4.29. The van der Waals surface area contributed by atoms with Gasteiger partial charge in [-0.1, -0.05) is 48.0 Å². The molecule has 0 saturated carbocycles. The number of hydrogen-bond acceptors (Lipinski definition) is 7. The van der Waals surface area contributed by atoms with Gasteiger partial charge >= 0.3 is 0 Å². The van der Waals surface area contributed by atoms with Crippen molar-refractivity contribution in [1.29, 1.82) is 0 Å². The molecule has 0 radical (unpaired) electrons. The lowest BCUT2D eigenvalue weighted by molar-refractivity contribution is -0.116. The van der Waals surface area contributed by atoms with Crippen LogP contribution in [-0.2, 0) is 11.2 Å². The van der Waals surface area contributed by atoms with Gasteiger partial charge in [-0.15, -0.1) is 10.2 Å². The van der Waals surface area contributed by atoms with E-state index >= 15 is 0 Å². The van der Waals surface area contributed by atoms with E-state index in [1.807, 2.05) is 61.5 Å². The van der Waals surface area contributed by atoms with E-state index in [2.05, 4.69) is 24.9 Å². The van der Waals surface area contributed by atoms with Gasteiger partial charge in [-0.2, -0.15) is 9.36 Å². The molecule has 2 heterocycles. The minimum Gasteiger partial charge on any atom is -0.421 e. The Bertz CT molecular complexity index is 1070. The van der Waals surface area contributed by atoms with Crippen LogP contribution in [0.15, 0.2) is 59.0 Å². The molecule has 140 valence electrons. The molecular formula is C20H17N5O2S. The third-order valence-corrected chi connectivity index (χ3v) is 4.67. The second-order valence-corrected chi connectivity index (χ2v) is 6.96. The number of carbonyl (C=O) groups excluding carboxylic acids is 1. The fraction of sp³-hybridized carbons (Fsp3) is 0.150. The summed E-state index contributed by atoms with van der Waals surface area (Å²) in [5.74, 6) is 1.30. The maximum atomic E-state index is 12.2. The lowest BCUT2D eigenvalue weighted by Gasteiger charge is -1.99. The largest absolute Gasteiger partial charge is 0.421 e. The van der Waals surface area contributed by atoms with Crippen LogP contribution in [0.3, 0.4) is 0 Å². The Kier molecular flexibility index (Phi) is 5.20. The molecule has 0 unspecified atom stereocenters. The number of amides is 1. The van der Waals surface area contributed by atoms with Gasteiger partial charge in [0.1, 0.15) is 0 Å². The summed E-state index contributed by atoms with van der Waals surface area (Å²) >= 11 is 1.15. The molecule has 0 aliphatic rings. The van der Waals surface area contributed by atoms with Crippen LogP contribution in [0.2, 0.25) is 0 Å². The molecule has 0 fully saturated rings. The number of carbonyl (C=O) groups is 1. The van der Waals surface area contributed by atoms with Crippen LogP contribution >= 0.6 is 11.5 Å². The van der Waals surface area contributed by atoms with Crippen molar-refractivity contribution in [2.75, 3.05) is 5.32 Å². The third-order valence-electron chi connectivity index (χ3n) is 4.04. The molecule has 2 aromatic carbocycles. The first-order valence-electron chi connectivity index (χ1n) is 8.76. The average Bonchev–Trinajstić information content (AvgIpc) is 3.37. The second kappa shape index (κ2) is 8.10. The van der Waals surface area contributed by atoms with Gasteiger partial charge in [0.05, 0.1) is 0 Å². The molecule has 0 aliphatic heterocycles. The maximum Gasteiger partial charge on any atom is 0.247 e. The molecule has 4 rings (SSSR count). The molecule has 2 aromatic heterocycles. The Morgan fingerprint density at radius 2 is 1.82 bits per heavy atom. The highest BCUT2D eigenvalue weighted by Crippen LogP contribution is 2.21. The van der Waals surface area contributed by atoms with E-state index in [-0.39, 0.29) is 12.3 Å². The molecule has 0 atom stereocenters. The molecular weight excluding hydrogens is 374 g/mol. The van der Waals surface area contributed by atoms with Crippen LogP contribution < -0.4 is 5.32 Å². The van der Waals surface area contributed by atoms with Crippen LogP contribution in [0, 0.1) is 6.92 Å². The van der Waals surface area contributed by atoms with E-state index in [1.54, 1.807) is 0 Å². The molecule has 1 amide bonds. The smallest absolute Gasteiger partial charge is 0.247 e. The van der Waals surface area contributed by atoms with Crippen molar-refractivity contribution >= 4 is 22.6 Å². The quantitative estimate of drug-likeness (QED) is 0.531. The lowest BCUT2D eigenvalue weighted by Crippen LogP contribution is -2.12. The van der Waals surface area contributed by atoms with E-state index in [1.165, 1.54) is 0 Å². The Morgan fingerprint density at radius 3 is 2.61 bits per heavy atom. The fourth-order valence-corrected chi connectivity index (χ4v) is 3.15. The van der Waals surface area contributed by atoms with Crippen molar-refractivity contribution < 1.29 is 9.21 Å². The number of benzene rings is 2. The summed E-state index contributed by atoms with van der Waals surface area (Å²) in [6.07, 6.45) is 0.574. The fourth-order valence-electron chi connectivity index (χ4n) is 2.55. The minimum atomic E-state index is -0.175. The Balaban J connectivity index is 1.33. The zero-order valence-electron chi connectivity index (χ0n) is 15.1. The monoisotopic (exact) mass is 391 g/mol. The molecule has 0 aliphatic carbocycles. The van der Waals surface area contributed by atoms with Crippen molar-refractivity contribution in [3.05, 3.63) is 66.1 Å². The van der Waals surface area contributed by atoms with E-state index < -0.39 is 0 Å². The number of rotatable bonds is 6. The van der Waals surface area contributed by atoms with Crippen molar-refractivity contribution in [2.45, 2.75) is 19.8 Å². The van der Waals surface area contributed by atoms with Crippen molar-refractivity contribution in [3.63, 3.8) is 0 Å². The number of hydrogen-bond donors (Lipinski definition) is 1. The highest BCUT2D eigenvalue weighted by Gasteiger charge is 2.13. The molecule has 7 nitrogen and oxygen atoms in total. The molecule has 0 bridgehead atoms. The predicted octanol–water partition coefficient (Wildman–Crippen LogP) is 4.13. The lowest BCUT2D eigenvalue weighted by atomic mass is 10.1. The van der Waals surface area contributed by atoms with E-state index in [0.717, 1.165) is 28.2 Å². The summed E-state index contributed by atoms with van der Waals surface area (Å²) < 4.78 is 9.92. The number of anilines is 1. The molecule has 1 N–H and O–H groups in total. The van der Waals surface area contributed by atoms with Crippen LogP contribution in [0.1, 0.15) is 17.9 Å². The van der Waals surface area contributed by atoms with Crippen LogP contribution in [0.4, 0.5) is 5.13 Å². The molecule has 8 heteroatoms. The van der Waals surface area contributed by atoms with E-state index in [4.69, 9.17) is 4.42 Å². The summed E-state index contributed by atoms with van der Waals surface area (Å²) in [5, 5.41) is 11.3. The Hall–Kier alpha value is -3.39. The van der Waals surface area contributed by atoms with Crippen molar-refractivity contribution in [1.82, 2.24) is 19.6 Å². The van der Waals surface area contributed by atoms with Crippen LogP contribution in [0.5, 0.6) is 0 Å². The van der Waals surface area contributed by atoms with Crippen molar-refractivity contribution in [3.8, 4) is 22.8 Å². The topological polar surface area (TPSA) is 93.8 Å². The Morgan fingerprint density at radius 1 is 1.04 bits per heavy atom. The SMILES string of the molecule is Cc1ccc(-c2nnc(CCC(=O)Nc3nc(-c4ccccc4)ns3)o2)cc1. The van der Waals surface area contributed by atoms with Gasteiger partial charge < -0.3 is 9.73 Å². The van der Waals surface area contributed by atoms with Gasteiger partial charge in [0.25, 0.3) is 0 Å². The molecule has 28 heavy (non-hydrogen) atoms. The van der Waals surface area contributed by atoms with Gasteiger partial charge in [0.15, 0.2) is 5.82 Å². The Labute approximate surface area is 165 Å². The summed E-state index contributed by atoms with van der Waals surface area (Å²) in [4.78, 5) is 16.5. The normalized spacial score (nSPS) is 10.8. The molecule has 4 aromatic rings. The van der Waals surface area contributed by atoms with Crippen LogP contribution in [0.25, 0.3) is 22.8 Å². The summed E-state index contributed by atoms with van der Waals surface area (Å²) in [6, 6.07) is 17.5. The second-order valence-electron chi connectivity index (χ2n) is 6.20.